The van der Waals surface area contributed by atoms with Gasteiger partial charge in [-0.1, -0.05) is 0 Å². The lowest BCUT2D eigenvalue weighted by molar-refractivity contribution is -0.192. The molecule has 0 aromatic carbocycles. The molecule has 2 atom stereocenters. The van der Waals surface area contributed by atoms with E-state index in [9.17, 15) is 22.8 Å². The number of carbonyl (C=O) groups excluding carboxylic acids is 2. The van der Waals surface area contributed by atoms with Crippen molar-refractivity contribution in [3.8, 4) is 0 Å². The Labute approximate surface area is 170 Å². The Balaban J connectivity index is 0.000000318. The van der Waals surface area contributed by atoms with Gasteiger partial charge >= 0.3 is 12.1 Å². The molecule has 8 nitrogen and oxygen atoms in total. The summed E-state index contributed by atoms with van der Waals surface area (Å²) in [7, 11) is 0. The number of ether oxygens (including phenoxy) is 1. The van der Waals surface area contributed by atoms with Crippen LogP contribution in [0.1, 0.15) is 24.8 Å². The number of alkyl halides is 3. The molecule has 1 N–H and O–H groups in total. The van der Waals surface area contributed by atoms with Crippen molar-refractivity contribution in [1.29, 1.82) is 0 Å². The minimum absolute atomic E-state index is 0.000413. The molecule has 4 rings (SSSR count). The zero-order valence-electron chi connectivity index (χ0n) is 16.0. The van der Waals surface area contributed by atoms with Gasteiger partial charge in [-0.05, 0) is 36.5 Å². The molecule has 1 aliphatic carbocycles. The molecule has 3 heterocycles. The average Bonchev–Trinajstić information content (AvgIpc) is 3.39. The van der Waals surface area contributed by atoms with Crippen LogP contribution in [0.5, 0.6) is 0 Å². The van der Waals surface area contributed by atoms with E-state index in [1.165, 1.54) is 12.8 Å². The number of carboxylic acids is 1. The van der Waals surface area contributed by atoms with Gasteiger partial charge in [0, 0.05) is 38.4 Å². The molecule has 11 heteroatoms. The predicted octanol–water partition coefficient (Wildman–Crippen LogP) is 1.45. The van der Waals surface area contributed by atoms with Crippen LogP contribution in [0.3, 0.4) is 0 Å². The number of carboxylic acid groups (broad SMARTS) is 1. The summed E-state index contributed by atoms with van der Waals surface area (Å²) in [5.74, 6) is -1.96. The molecule has 1 saturated carbocycles. The zero-order chi connectivity index (χ0) is 21.9. The van der Waals surface area contributed by atoms with E-state index in [1.54, 1.807) is 12.4 Å². The van der Waals surface area contributed by atoms with Crippen molar-refractivity contribution in [2.75, 3.05) is 19.7 Å². The van der Waals surface area contributed by atoms with E-state index < -0.39 is 12.1 Å². The van der Waals surface area contributed by atoms with Crippen molar-refractivity contribution in [3.63, 3.8) is 0 Å². The van der Waals surface area contributed by atoms with Gasteiger partial charge in [0.25, 0.3) is 0 Å². The summed E-state index contributed by atoms with van der Waals surface area (Å²) in [5.41, 5.74) is 1.05. The van der Waals surface area contributed by atoms with E-state index in [4.69, 9.17) is 14.6 Å². The van der Waals surface area contributed by atoms with E-state index >= 15 is 0 Å². The predicted molar refractivity (Wildman–Crippen MR) is 95.9 cm³/mol. The fourth-order valence-electron chi connectivity index (χ4n) is 3.46. The third-order valence-electron chi connectivity index (χ3n) is 5.24. The first-order valence-corrected chi connectivity index (χ1v) is 9.53. The zero-order valence-corrected chi connectivity index (χ0v) is 16.0. The number of rotatable bonds is 4. The minimum Gasteiger partial charge on any atom is -0.475 e. The fourth-order valence-corrected chi connectivity index (χ4v) is 3.46. The first-order chi connectivity index (χ1) is 14.1. The van der Waals surface area contributed by atoms with E-state index in [2.05, 4.69) is 4.98 Å². The van der Waals surface area contributed by atoms with Crippen molar-refractivity contribution in [3.05, 3.63) is 30.1 Å². The van der Waals surface area contributed by atoms with Crippen LogP contribution in [0.15, 0.2) is 24.5 Å². The lowest BCUT2D eigenvalue weighted by atomic mass is 10.1. The minimum atomic E-state index is -5.08. The number of halogens is 3. The molecule has 3 aliphatic rings. The molecule has 164 valence electrons. The molecule has 2 aliphatic heterocycles. The fraction of sp³-hybridized carbons (Fsp3) is 0.579. The number of hydrogen-bond donors (Lipinski definition) is 1. The number of aliphatic carboxylic acids is 1. The first kappa shape index (κ1) is 22.0. The van der Waals surface area contributed by atoms with Gasteiger partial charge in [0.2, 0.25) is 11.8 Å². The maximum absolute atomic E-state index is 12.3. The second kappa shape index (κ2) is 8.99. The largest absolute Gasteiger partial charge is 0.490 e. The molecule has 30 heavy (non-hydrogen) atoms. The van der Waals surface area contributed by atoms with E-state index in [0.717, 1.165) is 5.56 Å². The number of hydrogen-bond acceptors (Lipinski definition) is 5. The number of aromatic nitrogens is 1. The highest BCUT2D eigenvalue weighted by Gasteiger charge is 2.45. The standard InChI is InChI=1S/C17H21N3O3.C2HF3O2/c21-16(7-12-1-2-12)19-9-14-15(10-19)23-11-17(22)20(14)8-13-3-5-18-6-4-13;3-2(4,5)1(6)7/h3-6,12,14-15H,1-2,7-11H2;(H,6,7)/t14-,15-;/m1./s1. The summed E-state index contributed by atoms with van der Waals surface area (Å²) in [4.78, 5) is 41.3. The van der Waals surface area contributed by atoms with Gasteiger partial charge < -0.3 is 19.6 Å². The van der Waals surface area contributed by atoms with Gasteiger partial charge in [-0.2, -0.15) is 13.2 Å². The van der Waals surface area contributed by atoms with Gasteiger partial charge in [-0.25, -0.2) is 4.79 Å². The molecule has 2 saturated heterocycles. The summed E-state index contributed by atoms with van der Waals surface area (Å²) in [5, 5.41) is 7.12. The van der Waals surface area contributed by atoms with Crippen LogP contribution in [0.4, 0.5) is 13.2 Å². The van der Waals surface area contributed by atoms with E-state index in [-0.39, 0.29) is 30.6 Å². The molecular weight excluding hydrogens is 407 g/mol. The number of amides is 2. The summed E-state index contributed by atoms with van der Waals surface area (Å²) in [6, 6.07) is 3.80. The van der Waals surface area contributed by atoms with Gasteiger partial charge in [0.15, 0.2) is 0 Å². The molecular formula is C19H22F3N3O5. The second-order valence-electron chi connectivity index (χ2n) is 7.54. The first-order valence-electron chi connectivity index (χ1n) is 9.53. The van der Waals surface area contributed by atoms with Crippen molar-refractivity contribution in [2.45, 2.75) is 44.1 Å². The molecule has 3 fully saturated rings. The highest BCUT2D eigenvalue weighted by atomic mass is 19.4. The summed E-state index contributed by atoms with van der Waals surface area (Å²) in [6.45, 7) is 1.86. The van der Waals surface area contributed by atoms with Crippen LogP contribution in [0.2, 0.25) is 0 Å². The summed E-state index contributed by atoms with van der Waals surface area (Å²) < 4.78 is 37.4. The molecule has 0 radical (unpaired) electrons. The Morgan fingerprint density at radius 2 is 1.83 bits per heavy atom. The van der Waals surface area contributed by atoms with Crippen molar-refractivity contribution < 1.29 is 37.4 Å². The second-order valence-corrected chi connectivity index (χ2v) is 7.54. The maximum atomic E-state index is 12.3. The van der Waals surface area contributed by atoms with E-state index in [0.29, 0.717) is 32.0 Å². The van der Waals surface area contributed by atoms with Crippen LogP contribution >= 0.6 is 0 Å². The maximum Gasteiger partial charge on any atom is 0.490 e. The van der Waals surface area contributed by atoms with Crippen molar-refractivity contribution >= 4 is 17.8 Å². The number of pyridine rings is 1. The van der Waals surface area contributed by atoms with Crippen molar-refractivity contribution in [2.24, 2.45) is 5.92 Å². The Bertz CT molecular complexity index is 785. The van der Waals surface area contributed by atoms with Gasteiger partial charge in [-0.3, -0.25) is 14.6 Å². The summed E-state index contributed by atoms with van der Waals surface area (Å²) >= 11 is 0. The van der Waals surface area contributed by atoms with Gasteiger partial charge in [-0.15, -0.1) is 0 Å². The van der Waals surface area contributed by atoms with Crippen LogP contribution < -0.4 is 0 Å². The third-order valence-corrected chi connectivity index (χ3v) is 5.24. The van der Waals surface area contributed by atoms with Crippen LogP contribution in [-0.4, -0.2) is 75.7 Å². The monoisotopic (exact) mass is 429 g/mol. The van der Waals surface area contributed by atoms with Crippen LogP contribution in [0.25, 0.3) is 0 Å². The molecule has 0 spiro atoms. The summed E-state index contributed by atoms with van der Waals surface area (Å²) in [6.07, 6.45) is 1.33. The average molecular weight is 429 g/mol. The normalized spacial score (nSPS) is 23.5. The molecule has 0 bridgehead atoms. The highest BCUT2D eigenvalue weighted by molar-refractivity contribution is 5.80. The Hall–Kier alpha value is -2.69. The van der Waals surface area contributed by atoms with E-state index in [1.807, 2.05) is 21.9 Å². The van der Waals surface area contributed by atoms with Crippen LogP contribution in [0, 0.1) is 5.92 Å². The van der Waals surface area contributed by atoms with Crippen molar-refractivity contribution in [1.82, 2.24) is 14.8 Å². The number of nitrogens with zero attached hydrogens (tertiary/aromatic N) is 3. The Kier molecular flexibility index (Phi) is 6.59. The molecule has 2 amide bonds. The Morgan fingerprint density at radius 1 is 1.20 bits per heavy atom. The van der Waals surface area contributed by atoms with Gasteiger partial charge in [0.1, 0.15) is 6.61 Å². The molecule has 1 aromatic rings. The number of morpholine rings is 1. The van der Waals surface area contributed by atoms with Crippen LogP contribution in [-0.2, 0) is 25.7 Å². The molecule has 0 unspecified atom stereocenters. The quantitative estimate of drug-likeness (QED) is 0.778. The molecule has 1 aromatic heterocycles. The van der Waals surface area contributed by atoms with Gasteiger partial charge in [0.05, 0.1) is 12.1 Å². The lowest BCUT2D eigenvalue weighted by Crippen LogP contribution is -2.53. The topological polar surface area (TPSA) is 100 Å². The lowest BCUT2D eigenvalue weighted by Gasteiger charge is -2.36. The highest BCUT2D eigenvalue weighted by Crippen LogP contribution is 2.34. The third kappa shape index (κ3) is 5.68. The number of likely N-dealkylation sites (tertiary alicyclic amines) is 1. The number of carbonyl (C=O) groups is 3. The SMILES string of the molecule is O=C(CC1CC1)N1C[C@@H]2[C@@H](C1)OCC(=O)N2Cc1ccncc1.O=C(O)C(F)(F)F. The Morgan fingerprint density at radius 3 is 2.40 bits per heavy atom. The smallest absolute Gasteiger partial charge is 0.475 e. The number of fused-ring (bicyclic) bond motifs is 1.